The number of rotatable bonds is 5. The number of hydrogen-bond acceptors (Lipinski definition) is 4. The lowest BCUT2D eigenvalue weighted by Gasteiger charge is -2.20. The van der Waals surface area contributed by atoms with Gasteiger partial charge in [-0.15, -0.1) is 0 Å². The van der Waals surface area contributed by atoms with Crippen LogP contribution in [0.25, 0.3) is 0 Å². The van der Waals surface area contributed by atoms with Crippen molar-refractivity contribution in [3.63, 3.8) is 0 Å². The van der Waals surface area contributed by atoms with Gasteiger partial charge in [-0.2, -0.15) is 0 Å². The predicted molar refractivity (Wildman–Crippen MR) is 83.9 cm³/mol. The molecule has 3 rings (SSSR count). The number of benzene rings is 1. The highest BCUT2D eigenvalue weighted by Gasteiger charge is 2.38. The van der Waals surface area contributed by atoms with Crippen LogP contribution in [0, 0.1) is 0 Å². The Hall–Kier alpha value is -1.11. The van der Waals surface area contributed by atoms with E-state index in [1.807, 2.05) is 12.1 Å². The molecule has 2 fully saturated rings. The first kappa shape index (κ1) is 14.8. The van der Waals surface area contributed by atoms with Crippen molar-refractivity contribution in [3.8, 4) is 0 Å². The van der Waals surface area contributed by atoms with Crippen LogP contribution in [0.1, 0.15) is 26.2 Å². The summed E-state index contributed by atoms with van der Waals surface area (Å²) < 4.78 is 25.7. The van der Waals surface area contributed by atoms with E-state index in [0.29, 0.717) is 17.0 Å². The van der Waals surface area contributed by atoms with Crippen molar-refractivity contribution in [3.05, 3.63) is 24.3 Å². The summed E-state index contributed by atoms with van der Waals surface area (Å²) in [5.41, 5.74) is 0.986. The van der Waals surface area contributed by atoms with E-state index in [2.05, 4.69) is 21.9 Å². The van der Waals surface area contributed by atoms with E-state index in [4.69, 9.17) is 0 Å². The Morgan fingerprint density at radius 3 is 2.43 bits per heavy atom. The Labute approximate surface area is 126 Å². The molecule has 5 nitrogen and oxygen atoms in total. The highest BCUT2D eigenvalue weighted by atomic mass is 32.2. The van der Waals surface area contributed by atoms with Crippen molar-refractivity contribution < 1.29 is 8.42 Å². The minimum atomic E-state index is -3.35. The van der Waals surface area contributed by atoms with Crippen molar-refractivity contribution >= 4 is 15.7 Å². The number of nitrogens with zero attached hydrogens (tertiary/aromatic N) is 1. The third-order valence-electron chi connectivity index (χ3n) is 4.44. The summed E-state index contributed by atoms with van der Waals surface area (Å²) in [6.45, 7) is 3.38. The molecule has 1 heterocycles. The standard InChI is InChI=1S/C15H23N3O2S/c1-11-9-13(10-18(11)14-5-6-14)17-12-3-7-15(8-4-12)21(19,20)16-2/h3-4,7-8,11,13-14,16-17H,5-6,9-10H2,1-2H3. The molecule has 0 bridgehead atoms. The van der Waals surface area contributed by atoms with E-state index in [0.717, 1.165) is 24.7 Å². The van der Waals surface area contributed by atoms with Crippen molar-refractivity contribution in [2.45, 2.75) is 49.2 Å². The maximum Gasteiger partial charge on any atom is 0.240 e. The van der Waals surface area contributed by atoms with Gasteiger partial charge in [0.05, 0.1) is 4.90 Å². The van der Waals surface area contributed by atoms with Crippen molar-refractivity contribution in [1.29, 1.82) is 0 Å². The molecule has 2 atom stereocenters. The van der Waals surface area contributed by atoms with Crippen LogP contribution in [0.3, 0.4) is 0 Å². The molecule has 1 saturated carbocycles. The van der Waals surface area contributed by atoms with E-state index < -0.39 is 10.0 Å². The van der Waals surface area contributed by atoms with E-state index in [-0.39, 0.29) is 0 Å². The quantitative estimate of drug-likeness (QED) is 0.868. The van der Waals surface area contributed by atoms with Crippen LogP contribution in [0.2, 0.25) is 0 Å². The molecule has 1 aliphatic heterocycles. The number of sulfonamides is 1. The summed E-state index contributed by atoms with van der Waals surface area (Å²) >= 11 is 0. The second kappa shape index (κ2) is 5.59. The monoisotopic (exact) mass is 309 g/mol. The normalized spacial score (nSPS) is 27.0. The van der Waals surface area contributed by atoms with Gasteiger partial charge in [0.1, 0.15) is 0 Å². The van der Waals surface area contributed by atoms with Gasteiger partial charge in [0, 0.05) is 30.4 Å². The van der Waals surface area contributed by atoms with Gasteiger partial charge in [-0.25, -0.2) is 13.1 Å². The SMILES string of the molecule is CNS(=O)(=O)c1ccc(NC2CC(C)N(C3CC3)C2)cc1. The van der Waals surface area contributed by atoms with Gasteiger partial charge < -0.3 is 5.32 Å². The van der Waals surface area contributed by atoms with Crippen LogP contribution in [-0.2, 0) is 10.0 Å². The van der Waals surface area contributed by atoms with E-state index in [1.54, 1.807) is 12.1 Å². The van der Waals surface area contributed by atoms with E-state index >= 15 is 0 Å². The average molecular weight is 309 g/mol. The molecule has 6 heteroatoms. The lowest BCUT2D eigenvalue weighted by Crippen LogP contribution is -2.31. The maximum absolute atomic E-state index is 11.7. The second-order valence-electron chi connectivity index (χ2n) is 6.09. The first-order valence-electron chi connectivity index (χ1n) is 7.55. The highest BCUT2D eigenvalue weighted by Crippen LogP contribution is 2.34. The van der Waals surface area contributed by atoms with Gasteiger partial charge in [-0.3, -0.25) is 4.90 Å². The molecule has 2 N–H and O–H groups in total. The second-order valence-corrected chi connectivity index (χ2v) is 7.97. The number of nitrogens with one attached hydrogen (secondary N) is 2. The molecule has 0 aromatic heterocycles. The Morgan fingerprint density at radius 1 is 1.19 bits per heavy atom. The molecule has 0 radical (unpaired) electrons. The molecule has 0 spiro atoms. The van der Waals surface area contributed by atoms with Crippen LogP contribution in [0.4, 0.5) is 5.69 Å². The van der Waals surface area contributed by atoms with Gasteiger partial charge in [0.2, 0.25) is 10.0 Å². The molecule has 0 amide bonds. The Balaban J connectivity index is 1.63. The lowest BCUT2D eigenvalue weighted by molar-refractivity contribution is 0.257. The molecule has 2 aliphatic rings. The third-order valence-corrected chi connectivity index (χ3v) is 5.87. The summed E-state index contributed by atoms with van der Waals surface area (Å²) in [7, 11) is -1.92. The zero-order chi connectivity index (χ0) is 15.0. The third kappa shape index (κ3) is 3.22. The van der Waals surface area contributed by atoms with Gasteiger partial charge >= 0.3 is 0 Å². The van der Waals surface area contributed by atoms with E-state index in [1.165, 1.54) is 19.9 Å². The van der Waals surface area contributed by atoms with Crippen LogP contribution in [0.5, 0.6) is 0 Å². The summed E-state index contributed by atoms with van der Waals surface area (Å²) in [6, 6.07) is 8.86. The summed E-state index contributed by atoms with van der Waals surface area (Å²) in [4.78, 5) is 2.90. The number of likely N-dealkylation sites (tertiary alicyclic amines) is 1. The number of hydrogen-bond donors (Lipinski definition) is 2. The maximum atomic E-state index is 11.7. The molecule has 1 aromatic rings. The minimum absolute atomic E-state index is 0.301. The average Bonchev–Trinajstić information content (AvgIpc) is 3.24. The van der Waals surface area contributed by atoms with Crippen molar-refractivity contribution in [1.82, 2.24) is 9.62 Å². The smallest absolute Gasteiger partial charge is 0.240 e. The van der Waals surface area contributed by atoms with Gasteiger partial charge in [0.15, 0.2) is 0 Å². The molecule has 116 valence electrons. The summed E-state index contributed by atoms with van der Waals surface area (Å²) in [6.07, 6.45) is 3.83. The van der Waals surface area contributed by atoms with Crippen LogP contribution in [0.15, 0.2) is 29.2 Å². The largest absolute Gasteiger partial charge is 0.381 e. The molecular formula is C15H23N3O2S. The fraction of sp³-hybridized carbons (Fsp3) is 0.600. The van der Waals surface area contributed by atoms with Gasteiger partial charge in [-0.1, -0.05) is 0 Å². The molecule has 1 saturated heterocycles. The van der Waals surface area contributed by atoms with Crippen LogP contribution >= 0.6 is 0 Å². The highest BCUT2D eigenvalue weighted by molar-refractivity contribution is 7.89. The topological polar surface area (TPSA) is 61.4 Å². The van der Waals surface area contributed by atoms with Crippen LogP contribution < -0.4 is 10.0 Å². The van der Waals surface area contributed by atoms with Crippen LogP contribution in [-0.4, -0.2) is 45.0 Å². The molecule has 1 aromatic carbocycles. The fourth-order valence-corrected chi connectivity index (χ4v) is 3.89. The molecule has 21 heavy (non-hydrogen) atoms. The summed E-state index contributed by atoms with van der Waals surface area (Å²) in [5.74, 6) is 0. The molecule has 1 aliphatic carbocycles. The lowest BCUT2D eigenvalue weighted by atomic mass is 10.2. The zero-order valence-corrected chi connectivity index (χ0v) is 13.4. The number of anilines is 1. The predicted octanol–water partition coefficient (Wildman–Crippen LogP) is 1.63. The summed E-state index contributed by atoms with van der Waals surface area (Å²) in [5, 5.41) is 3.52. The Bertz CT molecular complexity index is 596. The minimum Gasteiger partial charge on any atom is -0.381 e. The first-order valence-corrected chi connectivity index (χ1v) is 9.04. The van der Waals surface area contributed by atoms with Gasteiger partial charge in [-0.05, 0) is 57.5 Å². The first-order chi connectivity index (χ1) is 9.99. The Kier molecular flexibility index (Phi) is 3.94. The fourth-order valence-electron chi connectivity index (χ4n) is 3.16. The molecular weight excluding hydrogens is 286 g/mol. The van der Waals surface area contributed by atoms with Gasteiger partial charge in [0.25, 0.3) is 0 Å². The molecule has 2 unspecified atom stereocenters. The van der Waals surface area contributed by atoms with Crippen molar-refractivity contribution in [2.24, 2.45) is 0 Å². The van der Waals surface area contributed by atoms with E-state index in [9.17, 15) is 8.42 Å². The Morgan fingerprint density at radius 2 is 1.86 bits per heavy atom. The van der Waals surface area contributed by atoms with Crippen molar-refractivity contribution in [2.75, 3.05) is 18.9 Å². The zero-order valence-electron chi connectivity index (χ0n) is 12.5.